The van der Waals surface area contributed by atoms with Crippen LogP contribution in [0, 0.1) is 0 Å². The summed E-state index contributed by atoms with van der Waals surface area (Å²) in [7, 11) is -0.986. The first-order valence-corrected chi connectivity index (χ1v) is 9.94. The Labute approximate surface area is 138 Å². The fourth-order valence-corrected chi connectivity index (χ4v) is 4.81. The average molecular weight is 345 g/mol. The number of hydrogen-bond acceptors (Lipinski definition) is 5. The third-order valence-corrected chi connectivity index (χ3v) is 5.77. The van der Waals surface area contributed by atoms with Crippen LogP contribution in [0.2, 0.25) is 0 Å². The number of carbonyl (C=O) groups is 1. The van der Waals surface area contributed by atoms with Crippen LogP contribution in [-0.2, 0) is 21.3 Å². The fraction of sp³-hybridized carbons (Fsp3) is 0.733. The molecule has 2 atom stereocenters. The Morgan fingerprint density at radius 3 is 2.91 bits per heavy atom. The predicted octanol–water partition coefficient (Wildman–Crippen LogP) is 3.18. The molecule has 2 heterocycles. The standard InChI is InChI=1S/C15H24N2O3S2/c1-15(2,3)20-14(18)17-7-5-4-6-12(17)9-22(19)10-13-8-16-11-21-13/h8,11-12H,4-7,9-10H2,1-3H3/t12-,22-/m1/s1. The summed E-state index contributed by atoms with van der Waals surface area (Å²) in [5.41, 5.74) is 1.25. The molecular weight excluding hydrogens is 320 g/mol. The first kappa shape index (κ1) is 17.4. The molecule has 22 heavy (non-hydrogen) atoms. The Kier molecular flexibility index (Phi) is 5.97. The van der Waals surface area contributed by atoms with Crippen LogP contribution < -0.4 is 0 Å². The monoisotopic (exact) mass is 344 g/mol. The molecule has 1 fully saturated rings. The van der Waals surface area contributed by atoms with Crippen molar-refractivity contribution in [1.82, 2.24) is 9.88 Å². The van der Waals surface area contributed by atoms with E-state index in [1.807, 2.05) is 20.8 Å². The molecule has 1 amide bonds. The van der Waals surface area contributed by atoms with Crippen molar-refractivity contribution in [1.29, 1.82) is 0 Å². The van der Waals surface area contributed by atoms with Crippen LogP contribution >= 0.6 is 11.3 Å². The number of carbonyl (C=O) groups excluding carboxylic acids is 1. The maximum absolute atomic E-state index is 12.3. The average Bonchev–Trinajstić information content (AvgIpc) is 2.90. The topological polar surface area (TPSA) is 59.5 Å². The summed E-state index contributed by atoms with van der Waals surface area (Å²) in [4.78, 5) is 19.1. The van der Waals surface area contributed by atoms with Gasteiger partial charge in [0, 0.05) is 40.2 Å². The highest BCUT2D eigenvalue weighted by Crippen LogP contribution is 2.22. The number of thiazole rings is 1. The van der Waals surface area contributed by atoms with Crippen molar-refractivity contribution >= 4 is 28.2 Å². The summed E-state index contributed by atoms with van der Waals surface area (Å²) < 4.78 is 17.8. The molecule has 1 aromatic heterocycles. The summed E-state index contributed by atoms with van der Waals surface area (Å²) in [6.07, 6.45) is 4.42. The molecule has 2 rings (SSSR count). The summed E-state index contributed by atoms with van der Waals surface area (Å²) in [5, 5.41) is 0. The van der Waals surface area contributed by atoms with Crippen molar-refractivity contribution < 1.29 is 13.7 Å². The molecular formula is C15H24N2O3S2. The number of piperidine rings is 1. The van der Waals surface area contributed by atoms with Gasteiger partial charge >= 0.3 is 6.09 Å². The molecule has 7 heteroatoms. The zero-order valence-corrected chi connectivity index (χ0v) is 15.0. The second-order valence-electron chi connectivity index (χ2n) is 6.54. The van der Waals surface area contributed by atoms with Crippen LogP contribution in [0.3, 0.4) is 0 Å². The van der Waals surface area contributed by atoms with Crippen LogP contribution in [0.1, 0.15) is 44.9 Å². The molecule has 1 saturated heterocycles. The summed E-state index contributed by atoms with van der Waals surface area (Å²) in [6.45, 7) is 6.29. The maximum Gasteiger partial charge on any atom is 0.410 e. The van der Waals surface area contributed by atoms with E-state index in [0.717, 1.165) is 24.1 Å². The van der Waals surface area contributed by atoms with Crippen molar-refractivity contribution in [3.05, 3.63) is 16.6 Å². The molecule has 5 nitrogen and oxygen atoms in total. The molecule has 0 spiro atoms. The lowest BCUT2D eigenvalue weighted by Gasteiger charge is -2.36. The lowest BCUT2D eigenvalue weighted by molar-refractivity contribution is 0.0125. The van der Waals surface area contributed by atoms with Gasteiger partial charge in [-0.2, -0.15) is 0 Å². The van der Waals surface area contributed by atoms with Crippen LogP contribution in [0.4, 0.5) is 4.79 Å². The SMILES string of the molecule is CC(C)(C)OC(=O)N1CCCC[C@@H]1C[S@@](=O)Cc1cncs1. The molecule has 1 aliphatic heterocycles. The van der Waals surface area contributed by atoms with Crippen molar-refractivity contribution in [2.75, 3.05) is 12.3 Å². The summed E-state index contributed by atoms with van der Waals surface area (Å²) in [6, 6.07) is 0.0114. The molecule has 124 valence electrons. The third kappa shape index (κ3) is 5.35. The second kappa shape index (κ2) is 7.55. The van der Waals surface area contributed by atoms with Crippen molar-refractivity contribution in [2.45, 2.75) is 57.4 Å². The largest absolute Gasteiger partial charge is 0.444 e. The molecule has 0 aliphatic carbocycles. The smallest absolute Gasteiger partial charge is 0.410 e. The van der Waals surface area contributed by atoms with Crippen LogP contribution in [0.15, 0.2) is 11.7 Å². The molecule has 0 saturated carbocycles. The van der Waals surface area contributed by atoms with E-state index in [-0.39, 0.29) is 12.1 Å². The van der Waals surface area contributed by atoms with Gasteiger partial charge in [0.1, 0.15) is 5.60 Å². The minimum absolute atomic E-state index is 0.0114. The third-order valence-electron chi connectivity index (χ3n) is 3.42. The Hall–Kier alpha value is -0.950. The minimum atomic E-state index is -0.986. The molecule has 0 N–H and O–H groups in total. The van der Waals surface area contributed by atoms with Gasteiger partial charge in [-0.15, -0.1) is 11.3 Å². The predicted molar refractivity (Wildman–Crippen MR) is 89.4 cm³/mol. The highest BCUT2D eigenvalue weighted by Gasteiger charge is 2.31. The van der Waals surface area contributed by atoms with E-state index in [2.05, 4.69) is 4.98 Å². The van der Waals surface area contributed by atoms with E-state index < -0.39 is 16.4 Å². The van der Waals surface area contributed by atoms with Gasteiger partial charge in [0.15, 0.2) is 0 Å². The van der Waals surface area contributed by atoms with E-state index in [1.165, 1.54) is 11.3 Å². The number of likely N-dealkylation sites (tertiary alicyclic amines) is 1. The van der Waals surface area contributed by atoms with Gasteiger partial charge in [-0.1, -0.05) is 0 Å². The number of nitrogens with zero attached hydrogens (tertiary/aromatic N) is 2. The van der Waals surface area contributed by atoms with Crippen LogP contribution in [-0.4, -0.2) is 44.1 Å². The lowest BCUT2D eigenvalue weighted by Crippen LogP contribution is -2.48. The lowest BCUT2D eigenvalue weighted by atomic mass is 10.0. The maximum atomic E-state index is 12.3. The van der Waals surface area contributed by atoms with Gasteiger partial charge < -0.3 is 9.64 Å². The number of ether oxygens (including phenoxy) is 1. The Morgan fingerprint density at radius 2 is 2.27 bits per heavy atom. The first-order valence-electron chi connectivity index (χ1n) is 7.57. The van der Waals surface area contributed by atoms with E-state index >= 15 is 0 Å². The normalized spacial score (nSPS) is 20.7. The van der Waals surface area contributed by atoms with Gasteiger partial charge in [0.2, 0.25) is 0 Å². The van der Waals surface area contributed by atoms with E-state index in [0.29, 0.717) is 18.1 Å². The van der Waals surface area contributed by atoms with E-state index in [1.54, 1.807) is 16.6 Å². The van der Waals surface area contributed by atoms with Crippen molar-refractivity contribution in [2.24, 2.45) is 0 Å². The number of rotatable bonds is 4. The number of hydrogen-bond donors (Lipinski definition) is 0. The molecule has 1 aromatic rings. The van der Waals surface area contributed by atoms with Crippen molar-refractivity contribution in [3.8, 4) is 0 Å². The van der Waals surface area contributed by atoms with Crippen LogP contribution in [0.5, 0.6) is 0 Å². The minimum Gasteiger partial charge on any atom is -0.444 e. The van der Waals surface area contributed by atoms with Gasteiger partial charge in [-0.3, -0.25) is 9.19 Å². The van der Waals surface area contributed by atoms with E-state index in [9.17, 15) is 9.00 Å². The van der Waals surface area contributed by atoms with Gasteiger partial charge in [-0.05, 0) is 40.0 Å². The van der Waals surface area contributed by atoms with Crippen molar-refractivity contribution in [3.63, 3.8) is 0 Å². The molecule has 0 bridgehead atoms. The Morgan fingerprint density at radius 1 is 1.50 bits per heavy atom. The zero-order valence-electron chi connectivity index (χ0n) is 13.4. The van der Waals surface area contributed by atoms with Gasteiger partial charge in [-0.25, -0.2) is 4.79 Å². The molecule has 0 unspecified atom stereocenters. The molecule has 1 aliphatic rings. The fourth-order valence-electron chi connectivity index (χ4n) is 2.48. The Balaban J connectivity index is 1.94. The first-order chi connectivity index (χ1) is 10.3. The zero-order chi connectivity index (χ0) is 16.2. The van der Waals surface area contributed by atoms with Crippen LogP contribution in [0.25, 0.3) is 0 Å². The summed E-state index contributed by atoms with van der Waals surface area (Å²) >= 11 is 1.52. The molecule has 0 radical (unpaired) electrons. The number of amides is 1. The Bertz CT molecular complexity index is 511. The summed E-state index contributed by atoms with van der Waals surface area (Å²) in [5.74, 6) is 1.03. The number of aromatic nitrogens is 1. The van der Waals surface area contributed by atoms with E-state index in [4.69, 9.17) is 4.74 Å². The van der Waals surface area contributed by atoms with Gasteiger partial charge in [0.25, 0.3) is 0 Å². The van der Waals surface area contributed by atoms with Gasteiger partial charge in [0.05, 0.1) is 11.3 Å². The highest BCUT2D eigenvalue weighted by molar-refractivity contribution is 7.84. The second-order valence-corrected chi connectivity index (χ2v) is 9.01. The molecule has 0 aromatic carbocycles. The quantitative estimate of drug-likeness (QED) is 0.842. The highest BCUT2D eigenvalue weighted by atomic mass is 32.2.